The summed E-state index contributed by atoms with van der Waals surface area (Å²) >= 11 is 0. The van der Waals surface area contributed by atoms with Crippen LogP contribution in [0, 0.1) is 0 Å². The van der Waals surface area contributed by atoms with Crippen molar-refractivity contribution in [2.24, 2.45) is 0 Å². The fourth-order valence-electron chi connectivity index (χ4n) is 2.83. The molecule has 2 aromatic heterocycles. The summed E-state index contributed by atoms with van der Waals surface area (Å²) in [5.74, 6) is 1.14. The van der Waals surface area contributed by atoms with Crippen molar-refractivity contribution in [3.63, 3.8) is 0 Å². The van der Waals surface area contributed by atoms with Gasteiger partial charge in [0.05, 0.1) is 12.8 Å². The summed E-state index contributed by atoms with van der Waals surface area (Å²) in [5, 5.41) is 15.1. The second-order valence-corrected chi connectivity index (χ2v) is 6.26. The largest absolute Gasteiger partial charge is 0.493 e. The first kappa shape index (κ1) is 18.6. The summed E-state index contributed by atoms with van der Waals surface area (Å²) in [6.07, 6.45) is 3.61. The van der Waals surface area contributed by atoms with Gasteiger partial charge in [0.1, 0.15) is 0 Å². The van der Waals surface area contributed by atoms with Crippen LogP contribution in [0.5, 0.6) is 17.5 Å². The predicted molar refractivity (Wildman–Crippen MR) is 107 cm³/mol. The molecule has 4 rings (SSSR count). The van der Waals surface area contributed by atoms with Crippen molar-refractivity contribution in [2.75, 3.05) is 7.11 Å². The second kappa shape index (κ2) is 8.94. The zero-order valence-corrected chi connectivity index (χ0v) is 15.9. The number of hydrogen-bond donors (Lipinski definition) is 1. The van der Waals surface area contributed by atoms with Gasteiger partial charge in [0.25, 0.3) is 0 Å². The molecule has 0 saturated carbocycles. The molecule has 0 fully saturated rings. The minimum atomic E-state index is 0.261. The van der Waals surface area contributed by atoms with E-state index in [1.807, 2.05) is 66.9 Å². The van der Waals surface area contributed by atoms with Crippen LogP contribution in [0.15, 0.2) is 73.1 Å². The summed E-state index contributed by atoms with van der Waals surface area (Å²) in [6.45, 7) is 1.42. The van der Waals surface area contributed by atoms with Crippen molar-refractivity contribution in [2.45, 2.75) is 13.1 Å². The van der Waals surface area contributed by atoms with Crippen molar-refractivity contribution >= 4 is 0 Å². The summed E-state index contributed by atoms with van der Waals surface area (Å²) < 4.78 is 13.0. The van der Waals surface area contributed by atoms with E-state index >= 15 is 0 Å². The van der Waals surface area contributed by atoms with Crippen molar-refractivity contribution in [3.05, 3.63) is 84.2 Å². The number of rotatable bonds is 8. The molecule has 0 saturated heterocycles. The molecule has 2 heterocycles. The van der Waals surface area contributed by atoms with E-state index in [0.29, 0.717) is 18.0 Å². The molecule has 29 heavy (non-hydrogen) atoms. The van der Waals surface area contributed by atoms with Crippen LogP contribution < -0.4 is 14.8 Å². The Balaban J connectivity index is 1.46. The van der Waals surface area contributed by atoms with E-state index in [1.54, 1.807) is 13.3 Å². The lowest BCUT2D eigenvalue weighted by atomic mass is 10.2. The number of tetrazole rings is 1. The van der Waals surface area contributed by atoms with Gasteiger partial charge in [0, 0.05) is 25.5 Å². The number of methoxy groups -OCH3 is 1. The van der Waals surface area contributed by atoms with Crippen molar-refractivity contribution in [3.8, 4) is 23.2 Å². The summed E-state index contributed by atoms with van der Waals surface area (Å²) in [5.41, 5.74) is 3.01. The van der Waals surface area contributed by atoms with Crippen molar-refractivity contribution in [1.29, 1.82) is 0 Å². The highest BCUT2D eigenvalue weighted by Gasteiger charge is 2.14. The quantitative estimate of drug-likeness (QED) is 0.496. The Bertz CT molecular complexity index is 1050. The molecule has 4 aromatic rings. The van der Waals surface area contributed by atoms with Crippen molar-refractivity contribution < 1.29 is 9.47 Å². The van der Waals surface area contributed by atoms with Gasteiger partial charge in [-0.3, -0.25) is 4.98 Å². The van der Waals surface area contributed by atoms with Crippen molar-refractivity contribution in [1.82, 2.24) is 30.5 Å². The van der Waals surface area contributed by atoms with Crippen LogP contribution in [-0.2, 0) is 13.1 Å². The summed E-state index contributed by atoms with van der Waals surface area (Å²) in [6, 6.07) is 19.5. The Hall–Kier alpha value is -3.78. The van der Waals surface area contributed by atoms with Gasteiger partial charge in [-0.1, -0.05) is 35.4 Å². The maximum atomic E-state index is 5.93. The Morgan fingerprint density at radius 1 is 0.931 bits per heavy atom. The van der Waals surface area contributed by atoms with Crippen LogP contribution in [0.2, 0.25) is 0 Å². The van der Waals surface area contributed by atoms with E-state index in [2.05, 4.69) is 25.8 Å². The van der Waals surface area contributed by atoms with E-state index in [1.165, 1.54) is 4.68 Å². The maximum absolute atomic E-state index is 5.93. The van der Waals surface area contributed by atoms with E-state index < -0.39 is 0 Å². The van der Waals surface area contributed by atoms with Gasteiger partial charge in [-0.25, -0.2) is 0 Å². The number of benzene rings is 2. The lowest BCUT2D eigenvalue weighted by Crippen LogP contribution is -2.12. The van der Waals surface area contributed by atoms with E-state index in [-0.39, 0.29) is 6.01 Å². The fourth-order valence-corrected chi connectivity index (χ4v) is 2.83. The van der Waals surface area contributed by atoms with Gasteiger partial charge < -0.3 is 14.8 Å². The third-order valence-corrected chi connectivity index (χ3v) is 4.25. The maximum Gasteiger partial charge on any atom is 0.346 e. The normalized spacial score (nSPS) is 10.7. The number of ether oxygens (including phenoxy) is 2. The highest BCUT2D eigenvalue weighted by molar-refractivity contribution is 5.44. The fraction of sp³-hybridized carbons (Fsp3) is 0.143. The predicted octanol–water partition coefficient (Wildman–Crippen LogP) is 3.15. The molecule has 0 atom stereocenters. The van der Waals surface area contributed by atoms with Crippen LogP contribution in [-0.4, -0.2) is 32.3 Å². The highest BCUT2D eigenvalue weighted by Crippen LogP contribution is 2.32. The Morgan fingerprint density at radius 3 is 2.59 bits per heavy atom. The topological polar surface area (TPSA) is 87.0 Å². The molecule has 0 spiro atoms. The molecule has 0 unspecified atom stereocenters. The molecule has 8 heteroatoms. The summed E-state index contributed by atoms with van der Waals surface area (Å²) in [4.78, 5) is 4.12. The third kappa shape index (κ3) is 4.56. The monoisotopic (exact) mass is 388 g/mol. The van der Waals surface area contributed by atoms with E-state index in [4.69, 9.17) is 9.47 Å². The number of aromatic nitrogens is 5. The highest BCUT2D eigenvalue weighted by atomic mass is 16.5. The van der Waals surface area contributed by atoms with Gasteiger partial charge in [0.15, 0.2) is 11.5 Å². The zero-order valence-electron chi connectivity index (χ0n) is 15.9. The molecule has 0 radical (unpaired) electrons. The van der Waals surface area contributed by atoms with E-state index in [0.717, 1.165) is 23.4 Å². The van der Waals surface area contributed by atoms with Gasteiger partial charge >= 0.3 is 6.01 Å². The lowest BCUT2D eigenvalue weighted by Gasteiger charge is -2.12. The first-order chi connectivity index (χ1) is 14.3. The Morgan fingerprint density at radius 2 is 1.79 bits per heavy atom. The van der Waals surface area contributed by atoms with Crippen LogP contribution >= 0.6 is 0 Å². The van der Waals surface area contributed by atoms with Gasteiger partial charge in [-0.15, -0.1) is 0 Å². The number of hydrogen-bond acceptors (Lipinski definition) is 7. The second-order valence-electron chi connectivity index (χ2n) is 6.26. The SMILES string of the molecule is COc1cc(CNCc2cccnc2)ccc1Oc1nnnn1-c1ccccc1. The van der Waals surface area contributed by atoms with Gasteiger partial charge in [0.2, 0.25) is 0 Å². The molecular formula is C21H20N6O2. The number of nitrogens with one attached hydrogen (secondary N) is 1. The molecule has 0 aliphatic rings. The molecular weight excluding hydrogens is 368 g/mol. The van der Waals surface area contributed by atoms with Gasteiger partial charge in [-0.2, -0.15) is 4.68 Å². The first-order valence-corrected chi connectivity index (χ1v) is 9.11. The van der Waals surface area contributed by atoms with Gasteiger partial charge in [-0.05, 0) is 51.9 Å². The molecule has 0 bridgehead atoms. The smallest absolute Gasteiger partial charge is 0.346 e. The molecule has 1 N–H and O–H groups in total. The number of nitrogens with zero attached hydrogens (tertiary/aromatic N) is 5. The molecule has 2 aromatic carbocycles. The minimum Gasteiger partial charge on any atom is -0.493 e. The molecule has 8 nitrogen and oxygen atoms in total. The Kier molecular flexibility index (Phi) is 5.73. The zero-order chi connectivity index (χ0) is 19.9. The van der Waals surface area contributed by atoms with Crippen LogP contribution in [0.25, 0.3) is 5.69 Å². The average molecular weight is 388 g/mol. The number of pyridine rings is 1. The molecule has 146 valence electrons. The third-order valence-electron chi connectivity index (χ3n) is 4.25. The molecule has 0 amide bonds. The Labute approximate surface area is 168 Å². The van der Waals surface area contributed by atoms with E-state index in [9.17, 15) is 0 Å². The van der Waals surface area contributed by atoms with Crippen LogP contribution in [0.4, 0.5) is 0 Å². The lowest BCUT2D eigenvalue weighted by molar-refractivity contribution is 0.362. The molecule has 0 aliphatic carbocycles. The minimum absolute atomic E-state index is 0.261. The summed E-state index contributed by atoms with van der Waals surface area (Å²) in [7, 11) is 1.61. The standard InChI is InChI=1S/C21H20N6O2/c1-28-20-12-16(13-23-15-17-6-5-11-22-14-17)9-10-19(20)29-21-24-25-26-27(21)18-7-3-2-4-8-18/h2-12,14,23H,13,15H2,1H3. The number of para-hydroxylation sites is 1. The van der Waals surface area contributed by atoms with Crippen LogP contribution in [0.3, 0.4) is 0 Å². The van der Waals surface area contributed by atoms with Crippen LogP contribution in [0.1, 0.15) is 11.1 Å². The first-order valence-electron chi connectivity index (χ1n) is 9.11. The molecule has 0 aliphatic heterocycles. The average Bonchev–Trinajstić information content (AvgIpc) is 3.24.